The van der Waals surface area contributed by atoms with Crippen LogP contribution in [-0.2, 0) is 25.4 Å². The Balaban J connectivity index is 1.43. The van der Waals surface area contributed by atoms with Crippen LogP contribution in [0.15, 0.2) is 51.9 Å². The van der Waals surface area contributed by atoms with Crippen LogP contribution in [0, 0.1) is 13.8 Å². The van der Waals surface area contributed by atoms with Crippen molar-refractivity contribution in [1.82, 2.24) is 15.8 Å². The van der Waals surface area contributed by atoms with E-state index in [0.717, 1.165) is 46.3 Å². The van der Waals surface area contributed by atoms with Gasteiger partial charge in [0.25, 0.3) is 5.91 Å². The van der Waals surface area contributed by atoms with Crippen molar-refractivity contribution in [2.45, 2.75) is 44.1 Å². The van der Waals surface area contributed by atoms with Crippen LogP contribution in [-0.4, -0.2) is 11.1 Å². The minimum atomic E-state index is -0.0551. The van der Waals surface area contributed by atoms with E-state index in [4.69, 9.17) is 4.52 Å². The second-order valence-corrected chi connectivity index (χ2v) is 7.99. The first-order valence-electron chi connectivity index (χ1n) is 9.35. The fraction of sp³-hybridized carbons (Fsp3) is 0.273. The maximum absolute atomic E-state index is 12.8. The van der Waals surface area contributed by atoms with Gasteiger partial charge in [-0.1, -0.05) is 35.5 Å². The molecule has 0 saturated heterocycles. The van der Waals surface area contributed by atoms with Crippen LogP contribution < -0.4 is 10.6 Å². The molecule has 0 radical (unpaired) electrons. The second kappa shape index (κ2) is 8.20. The van der Waals surface area contributed by atoms with E-state index in [1.807, 2.05) is 38.1 Å². The van der Waals surface area contributed by atoms with Gasteiger partial charge in [-0.05, 0) is 42.7 Å². The third-order valence-electron chi connectivity index (χ3n) is 5.04. The highest BCUT2D eigenvalue weighted by Crippen LogP contribution is 2.29. The minimum Gasteiger partial charge on any atom is -0.361 e. The summed E-state index contributed by atoms with van der Waals surface area (Å²) in [5.74, 6) is 1.50. The minimum absolute atomic E-state index is 0.0551. The highest BCUT2D eigenvalue weighted by Gasteiger charge is 2.15. The van der Waals surface area contributed by atoms with Gasteiger partial charge in [0.05, 0.1) is 11.3 Å². The number of nitrogens with zero attached hydrogens (tertiary/aromatic N) is 1. The molecule has 4 rings (SSSR count). The molecular weight excluding hydrogens is 370 g/mol. The first-order valence-corrected chi connectivity index (χ1v) is 10.3. The van der Waals surface area contributed by atoms with E-state index in [9.17, 15) is 4.79 Å². The normalized spacial score (nSPS) is 12.8. The largest absolute Gasteiger partial charge is 0.361 e. The number of aryl methyl sites for hydroxylation is 2. The molecule has 28 heavy (non-hydrogen) atoms. The third kappa shape index (κ3) is 3.98. The number of carbonyl (C=O) groups excluding carboxylic acids is 1. The Bertz CT molecular complexity index is 993. The summed E-state index contributed by atoms with van der Waals surface area (Å²) >= 11 is 1.63. The van der Waals surface area contributed by atoms with E-state index in [-0.39, 0.29) is 5.91 Å². The number of benzene rings is 2. The SMILES string of the molecule is Cc1noc(C)c1CSc1ccccc1C(=O)NCc1ccc2c(c1)CNC2. The fourth-order valence-electron chi connectivity index (χ4n) is 3.37. The average Bonchev–Trinajstić information content (AvgIpc) is 3.30. The quantitative estimate of drug-likeness (QED) is 0.617. The molecule has 144 valence electrons. The molecule has 2 heterocycles. The zero-order valence-electron chi connectivity index (χ0n) is 16.0. The summed E-state index contributed by atoms with van der Waals surface area (Å²) in [4.78, 5) is 13.8. The maximum atomic E-state index is 12.8. The molecule has 1 amide bonds. The van der Waals surface area contributed by atoms with E-state index >= 15 is 0 Å². The Morgan fingerprint density at radius 1 is 1.18 bits per heavy atom. The standard InChI is InChI=1S/C22H23N3O2S/c1-14-20(15(2)27-25-14)13-28-21-6-4-3-5-19(21)22(26)24-10-16-7-8-17-11-23-12-18(17)9-16/h3-9,23H,10-13H2,1-2H3,(H,24,26). The Labute approximate surface area is 168 Å². The zero-order valence-corrected chi connectivity index (χ0v) is 16.9. The zero-order chi connectivity index (χ0) is 19.5. The van der Waals surface area contributed by atoms with Crippen LogP contribution in [0.25, 0.3) is 0 Å². The van der Waals surface area contributed by atoms with E-state index in [1.165, 1.54) is 11.1 Å². The molecule has 0 aliphatic carbocycles. The van der Waals surface area contributed by atoms with Crippen LogP contribution in [0.5, 0.6) is 0 Å². The lowest BCUT2D eigenvalue weighted by Crippen LogP contribution is -2.23. The number of hydrogen-bond donors (Lipinski definition) is 2. The lowest BCUT2D eigenvalue weighted by molar-refractivity contribution is 0.0948. The number of hydrogen-bond acceptors (Lipinski definition) is 5. The van der Waals surface area contributed by atoms with Gasteiger partial charge in [0.15, 0.2) is 0 Å². The second-order valence-electron chi connectivity index (χ2n) is 6.98. The number of aromatic nitrogens is 1. The molecule has 6 heteroatoms. The molecule has 5 nitrogen and oxygen atoms in total. The highest BCUT2D eigenvalue weighted by molar-refractivity contribution is 7.98. The molecule has 1 aliphatic rings. The van der Waals surface area contributed by atoms with Crippen LogP contribution in [0.4, 0.5) is 0 Å². The average molecular weight is 394 g/mol. The molecule has 0 atom stereocenters. The Morgan fingerprint density at radius 2 is 2.00 bits per heavy atom. The van der Waals surface area contributed by atoms with Crippen LogP contribution in [0.2, 0.25) is 0 Å². The summed E-state index contributed by atoms with van der Waals surface area (Å²) in [6.45, 7) is 6.21. The number of amides is 1. The van der Waals surface area contributed by atoms with Gasteiger partial charge < -0.3 is 15.2 Å². The van der Waals surface area contributed by atoms with Crippen LogP contribution in [0.1, 0.15) is 44.1 Å². The predicted octanol–water partition coefficient (Wildman–Crippen LogP) is 4.12. The lowest BCUT2D eigenvalue weighted by atomic mass is 10.1. The molecule has 0 unspecified atom stereocenters. The van der Waals surface area contributed by atoms with Crippen LogP contribution >= 0.6 is 11.8 Å². The predicted molar refractivity (Wildman–Crippen MR) is 110 cm³/mol. The van der Waals surface area contributed by atoms with Gasteiger partial charge in [0, 0.05) is 35.8 Å². The van der Waals surface area contributed by atoms with Crippen molar-refractivity contribution in [3.8, 4) is 0 Å². The van der Waals surface area contributed by atoms with Crippen molar-refractivity contribution in [2.24, 2.45) is 0 Å². The summed E-state index contributed by atoms with van der Waals surface area (Å²) in [7, 11) is 0. The van der Waals surface area contributed by atoms with Crippen molar-refractivity contribution < 1.29 is 9.32 Å². The monoisotopic (exact) mass is 393 g/mol. The van der Waals surface area contributed by atoms with Crippen LogP contribution in [0.3, 0.4) is 0 Å². The van der Waals surface area contributed by atoms with E-state index in [1.54, 1.807) is 11.8 Å². The number of thioether (sulfide) groups is 1. The first-order chi connectivity index (χ1) is 13.6. The number of carbonyl (C=O) groups is 1. The molecular formula is C22H23N3O2S. The van der Waals surface area contributed by atoms with E-state index in [2.05, 4.69) is 34.0 Å². The molecule has 3 aromatic rings. The lowest BCUT2D eigenvalue weighted by Gasteiger charge is -2.11. The Kier molecular flexibility index (Phi) is 5.50. The van der Waals surface area contributed by atoms with E-state index in [0.29, 0.717) is 12.1 Å². The number of nitrogens with one attached hydrogen (secondary N) is 2. The van der Waals surface area contributed by atoms with Crippen molar-refractivity contribution in [2.75, 3.05) is 0 Å². The number of fused-ring (bicyclic) bond motifs is 1. The fourth-order valence-corrected chi connectivity index (χ4v) is 4.58. The molecule has 0 saturated carbocycles. The molecule has 2 N–H and O–H groups in total. The number of rotatable bonds is 6. The molecule has 0 fully saturated rings. The third-order valence-corrected chi connectivity index (χ3v) is 6.14. The smallest absolute Gasteiger partial charge is 0.252 e. The van der Waals surface area contributed by atoms with Gasteiger partial charge in [0.1, 0.15) is 5.76 Å². The maximum Gasteiger partial charge on any atom is 0.252 e. The molecule has 0 spiro atoms. The molecule has 2 aromatic carbocycles. The van der Waals surface area contributed by atoms with Gasteiger partial charge in [-0.2, -0.15) is 0 Å². The van der Waals surface area contributed by atoms with Gasteiger partial charge >= 0.3 is 0 Å². The highest BCUT2D eigenvalue weighted by atomic mass is 32.2. The van der Waals surface area contributed by atoms with Crippen molar-refractivity contribution in [3.63, 3.8) is 0 Å². The molecule has 1 aromatic heterocycles. The Hall–Kier alpha value is -2.57. The van der Waals surface area contributed by atoms with Crippen molar-refractivity contribution >= 4 is 17.7 Å². The summed E-state index contributed by atoms with van der Waals surface area (Å²) in [6, 6.07) is 14.1. The molecule has 0 bridgehead atoms. The van der Waals surface area contributed by atoms with Gasteiger partial charge in [-0.25, -0.2) is 0 Å². The van der Waals surface area contributed by atoms with Crippen molar-refractivity contribution in [3.05, 3.63) is 81.7 Å². The van der Waals surface area contributed by atoms with Gasteiger partial charge in [-0.15, -0.1) is 11.8 Å². The summed E-state index contributed by atoms with van der Waals surface area (Å²) in [6.07, 6.45) is 0. The summed E-state index contributed by atoms with van der Waals surface area (Å²) in [5, 5.41) is 10.4. The first kappa shape index (κ1) is 18.8. The topological polar surface area (TPSA) is 67.2 Å². The molecule has 1 aliphatic heterocycles. The summed E-state index contributed by atoms with van der Waals surface area (Å²) < 4.78 is 5.23. The van der Waals surface area contributed by atoms with Gasteiger partial charge in [-0.3, -0.25) is 4.79 Å². The van der Waals surface area contributed by atoms with Crippen molar-refractivity contribution in [1.29, 1.82) is 0 Å². The van der Waals surface area contributed by atoms with E-state index < -0.39 is 0 Å². The summed E-state index contributed by atoms with van der Waals surface area (Å²) in [5.41, 5.74) is 6.47. The Morgan fingerprint density at radius 3 is 2.82 bits per heavy atom. The van der Waals surface area contributed by atoms with Gasteiger partial charge in [0.2, 0.25) is 0 Å².